The highest BCUT2D eigenvalue weighted by Gasteiger charge is 2.17. The topological polar surface area (TPSA) is 101 Å². The van der Waals surface area contributed by atoms with Crippen LogP contribution in [-0.4, -0.2) is 17.0 Å². The molecule has 100 valence electrons. The van der Waals surface area contributed by atoms with Crippen LogP contribution in [0.1, 0.15) is 5.56 Å². The maximum atomic E-state index is 11.0. The summed E-state index contributed by atoms with van der Waals surface area (Å²) in [7, 11) is 1.73. The second-order valence-electron chi connectivity index (χ2n) is 3.81. The summed E-state index contributed by atoms with van der Waals surface area (Å²) in [4.78, 5) is 14.3. The second-order valence-corrected chi connectivity index (χ2v) is 3.81. The number of benzene rings is 1. The Morgan fingerprint density at radius 1 is 1.40 bits per heavy atom. The van der Waals surface area contributed by atoms with Crippen molar-refractivity contribution in [1.82, 2.24) is 4.98 Å². The molecule has 0 aliphatic heterocycles. The van der Waals surface area contributed by atoms with Gasteiger partial charge in [0.25, 0.3) is 0 Å². The molecule has 20 heavy (non-hydrogen) atoms. The van der Waals surface area contributed by atoms with Crippen molar-refractivity contribution in [3.63, 3.8) is 0 Å². The van der Waals surface area contributed by atoms with Crippen LogP contribution in [-0.2, 0) is 0 Å². The molecule has 2 rings (SSSR count). The fourth-order valence-corrected chi connectivity index (χ4v) is 1.55. The van der Waals surface area contributed by atoms with Gasteiger partial charge in [-0.25, -0.2) is 0 Å². The molecule has 1 aromatic carbocycles. The number of nitro benzene ring substituents is 1. The zero-order chi connectivity index (χ0) is 14.5. The summed E-state index contributed by atoms with van der Waals surface area (Å²) in [5, 5.41) is 22.6. The maximum Gasteiger partial charge on any atom is 0.312 e. The van der Waals surface area contributed by atoms with Gasteiger partial charge in [0, 0.05) is 19.2 Å². The Morgan fingerprint density at radius 2 is 2.20 bits per heavy atom. The van der Waals surface area contributed by atoms with Gasteiger partial charge in [0.05, 0.1) is 34.6 Å². The molecule has 1 heterocycles. The number of hydrogen-bond donors (Lipinski definition) is 1. The van der Waals surface area contributed by atoms with E-state index in [1.165, 1.54) is 24.4 Å². The molecule has 0 radical (unpaired) electrons. The highest BCUT2D eigenvalue weighted by atomic mass is 16.6. The molecule has 2 aromatic rings. The van der Waals surface area contributed by atoms with Crippen LogP contribution in [0.15, 0.2) is 36.7 Å². The first-order valence-electron chi connectivity index (χ1n) is 5.63. The fourth-order valence-electron chi connectivity index (χ4n) is 1.55. The van der Waals surface area contributed by atoms with Crippen LogP contribution in [0.25, 0.3) is 0 Å². The number of nitriles is 1. The van der Waals surface area contributed by atoms with E-state index >= 15 is 0 Å². The Labute approximate surface area is 114 Å². The third-order valence-electron chi connectivity index (χ3n) is 2.51. The summed E-state index contributed by atoms with van der Waals surface area (Å²) in [6.07, 6.45) is 3.04. The SMILES string of the molecule is CNc1cncc(Oc2ccc(C#N)cc2[N+](=O)[O-])c1. The van der Waals surface area contributed by atoms with Gasteiger partial charge in [-0.05, 0) is 12.1 Å². The third kappa shape index (κ3) is 2.81. The van der Waals surface area contributed by atoms with Crippen LogP contribution in [0.3, 0.4) is 0 Å². The number of hydrogen-bond acceptors (Lipinski definition) is 6. The first-order valence-corrected chi connectivity index (χ1v) is 5.63. The maximum absolute atomic E-state index is 11.0. The molecule has 7 nitrogen and oxygen atoms in total. The molecule has 0 saturated heterocycles. The average Bonchev–Trinajstić information content (AvgIpc) is 2.47. The first-order chi connectivity index (χ1) is 9.63. The third-order valence-corrected chi connectivity index (χ3v) is 2.51. The van der Waals surface area contributed by atoms with Crippen molar-refractivity contribution in [2.24, 2.45) is 0 Å². The molecule has 1 aromatic heterocycles. The molecular weight excluding hydrogens is 260 g/mol. The summed E-state index contributed by atoms with van der Waals surface area (Å²) >= 11 is 0. The van der Waals surface area contributed by atoms with Crippen LogP contribution in [0.4, 0.5) is 11.4 Å². The predicted molar refractivity (Wildman–Crippen MR) is 71.7 cm³/mol. The lowest BCUT2D eigenvalue weighted by Crippen LogP contribution is -1.95. The van der Waals surface area contributed by atoms with E-state index < -0.39 is 4.92 Å². The van der Waals surface area contributed by atoms with E-state index in [4.69, 9.17) is 10.00 Å². The Kier molecular flexibility index (Phi) is 3.77. The number of anilines is 1. The number of ether oxygens (including phenoxy) is 1. The van der Waals surface area contributed by atoms with Gasteiger partial charge >= 0.3 is 5.69 Å². The van der Waals surface area contributed by atoms with Crippen molar-refractivity contribution in [3.8, 4) is 17.6 Å². The van der Waals surface area contributed by atoms with E-state index in [2.05, 4.69) is 10.3 Å². The number of nitrogens with one attached hydrogen (secondary N) is 1. The van der Waals surface area contributed by atoms with Crippen LogP contribution in [0.2, 0.25) is 0 Å². The standard InChI is InChI=1S/C13H10N4O3/c1-15-10-5-11(8-16-7-10)20-13-3-2-9(6-14)4-12(13)17(18)19/h2-5,7-8,15H,1H3. The van der Waals surface area contributed by atoms with Gasteiger partial charge in [-0.2, -0.15) is 5.26 Å². The summed E-state index contributed by atoms with van der Waals surface area (Å²) < 4.78 is 5.46. The lowest BCUT2D eigenvalue weighted by molar-refractivity contribution is -0.385. The van der Waals surface area contributed by atoms with Crippen molar-refractivity contribution >= 4 is 11.4 Å². The number of aromatic nitrogens is 1. The van der Waals surface area contributed by atoms with Crippen molar-refractivity contribution in [3.05, 3.63) is 52.3 Å². The summed E-state index contributed by atoms with van der Waals surface area (Å²) in [6.45, 7) is 0. The Balaban J connectivity index is 2.37. The van der Waals surface area contributed by atoms with Gasteiger partial charge in [-0.3, -0.25) is 15.1 Å². The van der Waals surface area contributed by atoms with E-state index in [1.54, 1.807) is 19.3 Å². The van der Waals surface area contributed by atoms with Crippen molar-refractivity contribution < 1.29 is 9.66 Å². The van der Waals surface area contributed by atoms with Crippen LogP contribution in [0.5, 0.6) is 11.5 Å². The molecular formula is C13H10N4O3. The number of nitrogens with zero attached hydrogens (tertiary/aromatic N) is 3. The molecule has 0 saturated carbocycles. The van der Waals surface area contributed by atoms with E-state index in [-0.39, 0.29) is 17.0 Å². The van der Waals surface area contributed by atoms with Crippen molar-refractivity contribution in [1.29, 1.82) is 5.26 Å². The first kappa shape index (κ1) is 13.3. The lowest BCUT2D eigenvalue weighted by Gasteiger charge is -2.07. The van der Waals surface area contributed by atoms with Crippen LogP contribution < -0.4 is 10.1 Å². The zero-order valence-corrected chi connectivity index (χ0v) is 10.5. The van der Waals surface area contributed by atoms with Crippen LogP contribution in [0, 0.1) is 21.4 Å². The Bertz CT molecular complexity index is 694. The van der Waals surface area contributed by atoms with Gasteiger partial charge < -0.3 is 10.1 Å². The molecule has 7 heteroatoms. The monoisotopic (exact) mass is 270 g/mol. The largest absolute Gasteiger partial charge is 0.448 e. The van der Waals surface area contributed by atoms with Gasteiger partial charge in [-0.1, -0.05) is 0 Å². The number of nitro groups is 1. The smallest absolute Gasteiger partial charge is 0.312 e. The van der Waals surface area contributed by atoms with Gasteiger partial charge in [0.1, 0.15) is 5.75 Å². The van der Waals surface area contributed by atoms with E-state index in [0.717, 1.165) is 5.69 Å². The number of rotatable bonds is 4. The van der Waals surface area contributed by atoms with Gasteiger partial charge in [-0.15, -0.1) is 0 Å². The molecule has 0 atom stereocenters. The minimum absolute atomic E-state index is 0.0593. The van der Waals surface area contributed by atoms with E-state index in [0.29, 0.717) is 5.75 Å². The Morgan fingerprint density at radius 3 is 2.85 bits per heavy atom. The van der Waals surface area contributed by atoms with Crippen molar-refractivity contribution in [2.75, 3.05) is 12.4 Å². The molecule has 0 aliphatic carbocycles. The van der Waals surface area contributed by atoms with Crippen LogP contribution >= 0.6 is 0 Å². The second kappa shape index (κ2) is 5.67. The Hall–Kier alpha value is -3.14. The predicted octanol–water partition coefficient (Wildman–Crippen LogP) is 2.70. The van der Waals surface area contributed by atoms with E-state index in [9.17, 15) is 10.1 Å². The minimum Gasteiger partial charge on any atom is -0.448 e. The van der Waals surface area contributed by atoms with Gasteiger partial charge in [0.2, 0.25) is 5.75 Å². The highest BCUT2D eigenvalue weighted by Crippen LogP contribution is 2.32. The summed E-state index contributed by atoms with van der Waals surface area (Å²) in [5.74, 6) is 0.425. The fraction of sp³-hybridized carbons (Fsp3) is 0.0769. The average molecular weight is 270 g/mol. The molecule has 0 bridgehead atoms. The normalized spacial score (nSPS) is 9.60. The summed E-state index contributed by atoms with van der Waals surface area (Å²) in [5.41, 5.74) is 0.656. The molecule has 0 aliphatic rings. The highest BCUT2D eigenvalue weighted by molar-refractivity contribution is 5.54. The van der Waals surface area contributed by atoms with E-state index in [1.807, 2.05) is 6.07 Å². The lowest BCUT2D eigenvalue weighted by atomic mass is 10.2. The zero-order valence-electron chi connectivity index (χ0n) is 10.5. The molecule has 0 spiro atoms. The molecule has 0 fully saturated rings. The quantitative estimate of drug-likeness (QED) is 0.677. The summed E-state index contributed by atoms with van der Waals surface area (Å²) in [6, 6.07) is 7.53. The molecule has 1 N–H and O–H groups in total. The minimum atomic E-state index is -0.592. The van der Waals surface area contributed by atoms with Gasteiger partial charge in [0.15, 0.2) is 0 Å². The number of pyridine rings is 1. The molecule has 0 unspecified atom stereocenters. The molecule has 0 amide bonds. The van der Waals surface area contributed by atoms with Crippen molar-refractivity contribution in [2.45, 2.75) is 0 Å².